The molecule has 1 aromatic carbocycles. The summed E-state index contributed by atoms with van der Waals surface area (Å²) in [6.45, 7) is -1.65. The summed E-state index contributed by atoms with van der Waals surface area (Å²) in [6.07, 6.45) is 0. The highest BCUT2D eigenvalue weighted by Gasteiger charge is 2.21. The molecular weight excluding hydrogens is 224 g/mol. The summed E-state index contributed by atoms with van der Waals surface area (Å²) in [7, 11) is 0. The number of nitrogens with two attached hydrogens (primary N) is 1. The molecule has 3 nitrogen and oxygen atoms in total. The van der Waals surface area contributed by atoms with Crippen molar-refractivity contribution in [2.24, 2.45) is 0 Å². The Morgan fingerprint density at radius 2 is 2.44 bits per heavy atom. The number of anilines is 1. The van der Waals surface area contributed by atoms with Crippen LogP contribution in [0.15, 0.2) is 24.2 Å². The van der Waals surface area contributed by atoms with Crippen molar-refractivity contribution in [2.75, 3.05) is 5.73 Å². The summed E-state index contributed by atoms with van der Waals surface area (Å²) < 4.78 is 37.9. The number of hydrogen-bond acceptors (Lipinski definition) is 3. The summed E-state index contributed by atoms with van der Waals surface area (Å²) in [5, 5.41) is 10.5. The van der Waals surface area contributed by atoms with E-state index in [9.17, 15) is 5.11 Å². The van der Waals surface area contributed by atoms with Crippen molar-refractivity contribution in [2.45, 2.75) is 19.4 Å². The zero-order valence-corrected chi connectivity index (χ0v) is 9.26. The first-order valence-electron chi connectivity index (χ1n) is 7.05. The monoisotopic (exact) mass is 241 g/mol. The van der Waals surface area contributed by atoms with Crippen molar-refractivity contribution in [1.29, 1.82) is 0 Å². The molecule has 1 unspecified atom stereocenters. The topological polar surface area (TPSA) is 59.1 Å². The Morgan fingerprint density at radius 1 is 1.69 bits per heavy atom. The molecule has 0 amide bonds. The number of pyridine rings is 1. The van der Waals surface area contributed by atoms with Crippen molar-refractivity contribution in [1.82, 2.24) is 4.98 Å². The van der Waals surface area contributed by atoms with Crippen LogP contribution in [-0.2, 0) is 5.60 Å². The smallest absolute Gasteiger partial charge is 0.103 e. The Kier molecular flexibility index (Phi) is 1.45. The van der Waals surface area contributed by atoms with Crippen LogP contribution in [0, 0.1) is 0 Å². The van der Waals surface area contributed by atoms with Crippen LogP contribution < -0.4 is 5.73 Å². The van der Waals surface area contributed by atoms with Gasteiger partial charge >= 0.3 is 0 Å². The van der Waals surface area contributed by atoms with Gasteiger partial charge in [0, 0.05) is 14.5 Å². The Bertz CT molecular complexity index is 730. The number of aliphatic hydroxyl groups is 1. The summed E-state index contributed by atoms with van der Waals surface area (Å²) >= 11 is 5.83. The number of rotatable bonds is 1. The summed E-state index contributed by atoms with van der Waals surface area (Å²) in [6, 6.07) is 2.42. The van der Waals surface area contributed by atoms with Gasteiger partial charge < -0.3 is 10.8 Å². The van der Waals surface area contributed by atoms with Gasteiger partial charge in [-0.05, 0) is 38.0 Å². The third-order valence-electron chi connectivity index (χ3n) is 2.10. The molecule has 84 valence electrons. The Labute approximate surface area is 106 Å². The molecule has 0 aliphatic rings. The van der Waals surface area contributed by atoms with Crippen LogP contribution in [0.3, 0.4) is 0 Å². The second kappa shape index (κ2) is 3.61. The molecule has 1 heterocycles. The summed E-state index contributed by atoms with van der Waals surface area (Å²) in [5.41, 5.74) is 3.27. The zero-order valence-electron chi connectivity index (χ0n) is 13.5. The third kappa shape index (κ3) is 1.96. The van der Waals surface area contributed by atoms with Crippen molar-refractivity contribution in [3.8, 4) is 0 Å². The van der Waals surface area contributed by atoms with E-state index in [1.165, 1.54) is 12.1 Å². The quantitative estimate of drug-likeness (QED) is 0.807. The molecule has 0 fully saturated rings. The highest BCUT2D eigenvalue weighted by Crippen LogP contribution is 2.28. The van der Waals surface area contributed by atoms with E-state index in [2.05, 4.69) is 4.98 Å². The van der Waals surface area contributed by atoms with Gasteiger partial charge in [-0.25, -0.2) is 4.98 Å². The van der Waals surface area contributed by atoms with Gasteiger partial charge in [0.25, 0.3) is 0 Å². The fourth-order valence-corrected chi connectivity index (χ4v) is 1.58. The zero-order chi connectivity index (χ0) is 16.2. The van der Waals surface area contributed by atoms with Crippen molar-refractivity contribution < 1.29 is 12.0 Å². The summed E-state index contributed by atoms with van der Waals surface area (Å²) in [4.78, 5) is 4.01. The number of nitrogens with zero attached hydrogens (tertiary/aromatic N) is 1. The average molecular weight is 242 g/mol. The maximum Gasteiger partial charge on any atom is 0.103 e. The molecule has 0 aliphatic heterocycles. The van der Waals surface area contributed by atoms with E-state index in [1.54, 1.807) is 0 Å². The first kappa shape index (κ1) is 6.42. The molecule has 16 heavy (non-hydrogen) atoms. The molecule has 4 heteroatoms. The predicted molar refractivity (Wildman–Crippen MR) is 66.4 cm³/mol. The molecule has 0 aliphatic carbocycles. The van der Waals surface area contributed by atoms with E-state index in [1.807, 2.05) is 0 Å². The second-order valence-electron chi connectivity index (χ2n) is 3.66. The lowest BCUT2D eigenvalue weighted by Crippen LogP contribution is -2.19. The van der Waals surface area contributed by atoms with E-state index >= 15 is 0 Å². The molecule has 0 radical (unpaired) electrons. The molecule has 1 aromatic heterocycles. The van der Waals surface area contributed by atoms with E-state index in [-0.39, 0.29) is 39.4 Å². The van der Waals surface area contributed by atoms with Crippen LogP contribution in [0.5, 0.6) is 0 Å². The van der Waals surface area contributed by atoms with Crippen molar-refractivity contribution >= 4 is 28.2 Å². The lowest BCUT2D eigenvalue weighted by Gasteiger charge is -2.19. The lowest BCUT2D eigenvalue weighted by molar-refractivity contribution is 0.0751. The first-order chi connectivity index (χ1) is 9.46. The van der Waals surface area contributed by atoms with Gasteiger partial charge in [-0.1, -0.05) is 11.6 Å². The maximum absolute atomic E-state index is 10.2. The van der Waals surface area contributed by atoms with Gasteiger partial charge in [-0.2, -0.15) is 0 Å². The largest absolute Gasteiger partial charge is 0.397 e. The maximum atomic E-state index is 10.2. The molecule has 0 bridgehead atoms. The minimum absolute atomic E-state index is 0.0538. The minimum Gasteiger partial charge on any atom is -0.397 e. The van der Waals surface area contributed by atoms with Crippen LogP contribution in [0.2, 0.25) is 5.02 Å². The van der Waals surface area contributed by atoms with Gasteiger partial charge in [-0.3, -0.25) is 0 Å². The molecular formula is C12H13ClN2O. The van der Waals surface area contributed by atoms with Gasteiger partial charge in [0.05, 0.1) is 19.6 Å². The fraction of sp³-hybridized carbons (Fsp3) is 0.250. The summed E-state index contributed by atoms with van der Waals surface area (Å²) in [5.74, 6) is 0. The van der Waals surface area contributed by atoms with E-state index in [0.717, 1.165) is 6.92 Å². The van der Waals surface area contributed by atoms with Gasteiger partial charge in [0.1, 0.15) is 5.60 Å². The third-order valence-corrected chi connectivity index (χ3v) is 2.31. The number of fused-ring (bicyclic) bond motifs is 1. The molecule has 2 aromatic rings. The number of hydrogen-bond donors (Lipinski definition) is 2. The number of aromatic nitrogens is 1. The van der Waals surface area contributed by atoms with E-state index in [0.29, 0.717) is 0 Å². The molecule has 2 rings (SSSR count). The second-order valence-corrected chi connectivity index (χ2v) is 4.06. The van der Waals surface area contributed by atoms with Crippen LogP contribution in [-0.4, -0.2) is 10.1 Å². The number of nitrogen functional groups attached to an aromatic ring is 1. The fourth-order valence-electron chi connectivity index (χ4n) is 1.42. The molecule has 0 spiro atoms. The van der Waals surface area contributed by atoms with Gasteiger partial charge in [-0.15, -0.1) is 0 Å². The standard InChI is InChI=1S/C12H13ClN2O/c1-12(2,16)11-9(14)6-7-5-8(13)3-4-10(7)15-11/h3-6,16H,14H2,1-2H3/i1D3,4D,5D. The SMILES string of the molecule is [2H]c1c(Cl)cc([2H])c2nc(C(C)(O)C([2H])([2H])[2H])c(N)cc12. The Balaban J connectivity index is 2.84. The van der Waals surface area contributed by atoms with E-state index in [4.69, 9.17) is 24.2 Å². The Morgan fingerprint density at radius 3 is 3.12 bits per heavy atom. The average Bonchev–Trinajstić information content (AvgIpc) is 2.34. The predicted octanol–water partition coefficient (Wildman–Crippen LogP) is 2.70. The van der Waals surface area contributed by atoms with Gasteiger partial charge in [0.15, 0.2) is 0 Å². The van der Waals surface area contributed by atoms with Gasteiger partial charge in [0.2, 0.25) is 0 Å². The highest BCUT2D eigenvalue weighted by atomic mass is 35.5. The Hall–Kier alpha value is -1.32. The van der Waals surface area contributed by atoms with Crippen molar-refractivity contribution in [3.63, 3.8) is 0 Å². The van der Waals surface area contributed by atoms with Crippen LogP contribution >= 0.6 is 11.6 Å². The number of benzene rings is 1. The first-order valence-corrected chi connectivity index (χ1v) is 4.93. The van der Waals surface area contributed by atoms with Crippen LogP contribution in [0.1, 0.15) is 26.3 Å². The van der Waals surface area contributed by atoms with Crippen LogP contribution in [0.25, 0.3) is 10.9 Å². The molecule has 0 saturated heterocycles. The highest BCUT2D eigenvalue weighted by molar-refractivity contribution is 6.31. The van der Waals surface area contributed by atoms with Crippen molar-refractivity contribution in [3.05, 3.63) is 34.9 Å². The van der Waals surface area contributed by atoms with E-state index < -0.39 is 12.5 Å². The van der Waals surface area contributed by atoms with Crippen LogP contribution in [0.4, 0.5) is 5.69 Å². The molecule has 3 N–H and O–H groups in total. The number of halogens is 1. The normalized spacial score (nSPS) is 20.3. The molecule has 0 saturated carbocycles. The molecule has 1 atom stereocenters. The lowest BCUT2D eigenvalue weighted by atomic mass is 10.0. The minimum atomic E-state index is -2.74.